The van der Waals surface area contributed by atoms with Gasteiger partial charge in [0, 0.05) is 30.8 Å². The van der Waals surface area contributed by atoms with Crippen molar-refractivity contribution in [2.24, 2.45) is 7.05 Å². The monoisotopic (exact) mass is 538 g/mol. The molecular weight excluding hydrogens is 511 g/mol. The van der Waals surface area contributed by atoms with Crippen LogP contribution in [0.25, 0.3) is 11.2 Å². The van der Waals surface area contributed by atoms with Crippen LogP contribution in [0.2, 0.25) is 0 Å². The first-order chi connectivity index (χ1) is 15.0. The van der Waals surface area contributed by atoms with Gasteiger partial charge in [-0.05, 0) is 47.1 Å². The number of rotatable bonds is 6. The molecule has 0 unspecified atom stereocenters. The van der Waals surface area contributed by atoms with Gasteiger partial charge >= 0.3 is 5.69 Å². The van der Waals surface area contributed by atoms with E-state index < -0.39 is 0 Å². The standard InChI is InChI=1S/C21H27IN6O3/c1-25-18-17(19(29)26(21(25)30)12-13-31-2)27(14-15-8-4-5-9-16(15)22)20(24-18)28-11-7-3-6-10-23-28/h4-5,8-9,23H,3,6-7,10-14H2,1-2H3. The van der Waals surface area contributed by atoms with Crippen LogP contribution in [0, 0.1) is 3.57 Å². The normalized spacial score (nSPS) is 14.9. The van der Waals surface area contributed by atoms with E-state index in [-0.39, 0.29) is 24.4 Å². The first-order valence-corrected chi connectivity index (χ1v) is 11.5. The van der Waals surface area contributed by atoms with Crippen molar-refractivity contribution >= 4 is 39.7 Å². The summed E-state index contributed by atoms with van der Waals surface area (Å²) >= 11 is 2.31. The number of nitrogens with one attached hydrogen (secondary N) is 1. The van der Waals surface area contributed by atoms with Crippen LogP contribution in [0.3, 0.4) is 0 Å². The van der Waals surface area contributed by atoms with E-state index in [0.717, 1.165) is 41.5 Å². The number of fused-ring (bicyclic) bond motifs is 1. The fourth-order valence-electron chi connectivity index (χ4n) is 3.93. The zero-order chi connectivity index (χ0) is 22.0. The van der Waals surface area contributed by atoms with Gasteiger partial charge in [-0.15, -0.1) is 0 Å². The molecule has 4 rings (SSSR count). The fraction of sp³-hybridized carbons (Fsp3) is 0.476. The molecule has 1 N–H and O–H groups in total. The number of hydrogen-bond acceptors (Lipinski definition) is 6. The molecule has 3 heterocycles. The molecule has 1 aliphatic rings. The Kier molecular flexibility index (Phi) is 6.77. The lowest BCUT2D eigenvalue weighted by atomic mass is 10.2. The minimum absolute atomic E-state index is 0.198. The molecule has 9 nitrogen and oxygen atoms in total. The lowest BCUT2D eigenvalue weighted by Gasteiger charge is -2.23. The van der Waals surface area contributed by atoms with Crippen molar-refractivity contribution in [3.63, 3.8) is 0 Å². The summed E-state index contributed by atoms with van der Waals surface area (Å²) in [6, 6.07) is 8.09. The van der Waals surface area contributed by atoms with Crippen LogP contribution in [0.1, 0.15) is 24.8 Å². The quantitative estimate of drug-likeness (QED) is 0.481. The maximum atomic E-state index is 13.5. The number of benzene rings is 1. The summed E-state index contributed by atoms with van der Waals surface area (Å²) in [5, 5.41) is 2.02. The van der Waals surface area contributed by atoms with Gasteiger partial charge in [0.05, 0.1) is 19.7 Å². The molecule has 10 heteroatoms. The van der Waals surface area contributed by atoms with E-state index in [2.05, 4.69) is 34.1 Å². The fourth-order valence-corrected chi connectivity index (χ4v) is 4.49. The van der Waals surface area contributed by atoms with E-state index in [0.29, 0.717) is 23.7 Å². The molecule has 0 radical (unpaired) electrons. The Morgan fingerprint density at radius 3 is 2.74 bits per heavy atom. The highest BCUT2D eigenvalue weighted by molar-refractivity contribution is 14.1. The van der Waals surface area contributed by atoms with Crippen LogP contribution < -0.4 is 21.7 Å². The van der Waals surface area contributed by atoms with Crippen LogP contribution in [0.5, 0.6) is 0 Å². The van der Waals surface area contributed by atoms with Crippen molar-refractivity contribution in [3.8, 4) is 0 Å². The summed E-state index contributed by atoms with van der Waals surface area (Å²) in [6.07, 6.45) is 3.27. The molecule has 1 aliphatic heterocycles. The molecule has 1 saturated heterocycles. The lowest BCUT2D eigenvalue weighted by Crippen LogP contribution is -2.41. The molecule has 0 spiro atoms. The van der Waals surface area contributed by atoms with Gasteiger partial charge in [0.15, 0.2) is 11.2 Å². The molecule has 0 saturated carbocycles. The van der Waals surface area contributed by atoms with Gasteiger partial charge in [-0.25, -0.2) is 10.2 Å². The van der Waals surface area contributed by atoms with E-state index in [9.17, 15) is 9.59 Å². The van der Waals surface area contributed by atoms with Crippen molar-refractivity contribution in [1.29, 1.82) is 0 Å². The second kappa shape index (κ2) is 9.53. The Hall–Kier alpha value is -2.18. The summed E-state index contributed by atoms with van der Waals surface area (Å²) in [5.41, 5.74) is 4.63. The highest BCUT2D eigenvalue weighted by Gasteiger charge is 2.24. The topological polar surface area (TPSA) is 86.3 Å². The minimum Gasteiger partial charge on any atom is -0.383 e. The minimum atomic E-state index is -0.385. The third-order valence-electron chi connectivity index (χ3n) is 5.62. The Balaban J connectivity index is 1.96. The molecule has 3 aromatic rings. The number of hydrogen-bond donors (Lipinski definition) is 1. The van der Waals surface area contributed by atoms with Gasteiger partial charge in [0.1, 0.15) is 0 Å². The van der Waals surface area contributed by atoms with Crippen molar-refractivity contribution < 1.29 is 4.74 Å². The first-order valence-electron chi connectivity index (χ1n) is 10.5. The van der Waals surface area contributed by atoms with Crippen LogP contribution in [-0.4, -0.2) is 45.5 Å². The molecule has 1 aromatic carbocycles. The van der Waals surface area contributed by atoms with Gasteiger partial charge in [0.25, 0.3) is 5.56 Å². The third-order valence-corrected chi connectivity index (χ3v) is 6.67. The average molecular weight is 538 g/mol. The Bertz CT molecular complexity index is 1190. The van der Waals surface area contributed by atoms with Crippen molar-refractivity contribution in [1.82, 2.24) is 24.1 Å². The van der Waals surface area contributed by atoms with Crippen molar-refractivity contribution in [2.45, 2.75) is 32.4 Å². The number of imidazole rings is 1. The third kappa shape index (κ3) is 4.28. The van der Waals surface area contributed by atoms with E-state index >= 15 is 0 Å². The number of ether oxygens (including phenoxy) is 1. The van der Waals surface area contributed by atoms with Gasteiger partial charge in [-0.1, -0.05) is 24.6 Å². The van der Waals surface area contributed by atoms with Gasteiger partial charge < -0.3 is 4.74 Å². The summed E-state index contributed by atoms with van der Waals surface area (Å²) < 4.78 is 10.9. The number of nitrogens with zero attached hydrogens (tertiary/aromatic N) is 5. The van der Waals surface area contributed by atoms with Gasteiger partial charge in [0.2, 0.25) is 5.95 Å². The van der Waals surface area contributed by atoms with Gasteiger partial charge in [-0.2, -0.15) is 4.98 Å². The smallest absolute Gasteiger partial charge is 0.332 e. The van der Waals surface area contributed by atoms with E-state index in [1.54, 1.807) is 14.2 Å². The summed E-state index contributed by atoms with van der Waals surface area (Å²) in [6.45, 7) is 2.61. The number of halogens is 1. The van der Waals surface area contributed by atoms with E-state index in [1.165, 1.54) is 9.13 Å². The lowest BCUT2D eigenvalue weighted by molar-refractivity contribution is 0.184. The summed E-state index contributed by atoms with van der Waals surface area (Å²) in [7, 11) is 3.22. The van der Waals surface area contributed by atoms with Crippen LogP contribution in [0.15, 0.2) is 33.9 Å². The zero-order valence-corrected chi connectivity index (χ0v) is 20.0. The predicted molar refractivity (Wildman–Crippen MR) is 129 cm³/mol. The molecule has 0 atom stereocenters. The van der Waals surface area contributed by atoms with Crippen molar-refractivity contribution in [3.05, 3.63) is 54.2 Å². The molecule has 31 heavy (non-hydrogen) atoms. The number of methoxy groups -OCH3 is 1. The molecule has 0 amide bonds. The summed E-state index contributed by atoms with van der Waals surface area (Å²) in [4.78, 5) is 31.1. The SMILES string of the molecule is COCCn1c(=O)c2c(nc(N3CCCCCN3)n2Cc2ccccc2I)n(C)c1=O. The molecule has 1 fully saturated rings. The maximum absolute atomic E-state index is 13.5. The molecule has 0 bridgehead atoms. The largest absolute Gasteiger partial charge is 0.383 e. The van der Waals surface area contributed by atoms with Crippen LogP contribution in [-0.2, 0) is 24.9 Å². The molecule has 0 aliphatic carbocycles. The van der Waals surface area contributed by atoms with Crippen molar-refractivity contribution in [2.75, 3.05) is 31.8 Å². The molecule has 166 valence electrons. The molecular formula is C21H27IN6O3. The van der Waals surface area contributed by atoms with Gasteiger partial charge in [-0.3, -0.25) is 23.5 Å². The number of hydrazine groups is 1. The highest BCUT2D eigenvalue weighted by Crippen LogP contribution is 2.23. The number of aromatic nitrogens is 4. The zero-order valence-electron chi connectivity index (χ0n) is 17.8. The second-order valence-electron chi connectivity index (χ2n) is 7.67. The maximum Gasteiger partial charge on any atom is 0.332 e. The Labute approximate surface area is 193 Å². The van der Waals surface area contributed by atoms with Crippen LogP contribution in [0.4, 0.5) is 5.95 Å². The molecule has 2 aromatic heterocycles. The predicted octanol–water partition coefficient (Wildman–Crippen LogP) is 1.69. The second-order valence-corrected chi connectivity index (χ2v) is 8.84. The Morgan fingerprint density at radius 1 is 1.16 bits per heavy atom. The van der Waals surface area contributed by atoms with E-state index in [4.69, 9.17) is 9.72 Å². The average Bonchev–Trinajstić information content (AvgIpc) is 2.94. The Morgan fingerprint density at radius 2 is 1.97 bits per heavy atom. The first kappa shape index (κ1) is 22.0. The summed E-state index contributed by atoms with van der Waals surface area (Å²) in [5.74, 6) is 0.660. The number of anilines is 1. The van der Waals surface area contributed by atoms with E-state index in [1.807, 2.05) is 27.8 Å². The highest BCUT2D eigenvalue weighted by atomic mass is 127. The van der Waals surface area contributed by atoms with Crippen LogP contribution >= 0.6 is 22.6 Å². The number of aryl methyl sites for hydroxylation is 1.